The highest BCUT2D eigenvalue weighted by atomic mass is 16.3. The highest BCUT2D eigenvalue weighted by Gasteiger charge is 2.08. The number of nitrogens with zero attached hydrogens (tertiary/aromatic N) is 1. The summed E-state index contributed by atoms with van der Waals surface area (Å²) in [6.45, 7) is 11.2. The van der Waals surface area contributed by atoms with Gasteiger partial charge in [0.05, 0.1) is 6.10 Å². The molecule has 0 amide bonds. The van der Waals surface area contributed by atoms with Crippen molar-refractivity contribution in [3.05, 3.63) is 35.4 Å². The van der Waals surface area contributed by atoms with Crippen LogP contribution in [0.4, 0.5) is 0 Å². The van der Waals surface area contributed by atoms with Crippen molar-refractivity contribution in [2.24, 2.45) is 0 Å². The Hall–Kier alpha value is -0.900. The van der Waals surface area contributed by atoms with E-state index in [4.69, 9.17) is 0 Å². The zero-order valence-corrected chi connectivity index (χ0v) is 13.6. The molecule has 0 heterocycles. The summed E-state index contributed by atoms with van der Waals surface area (Å²) in [5.74, 6) is 0.533. The number of hydrogen-bond donors (Lipinski definition) is 2. The molecule has 0 aliphatic heterocycles. The van der Waals surface area contributed by atoms with Crippen LogP contribution in [0.15, 0.2) is 24.3 Å². The molecule has 0 bridgehead atoms. The van der Waals surface area contributed by atoms with Crippen LogP contribution in [0, 0.1) is 0 Å². The van der Waals surface area contributed by atoms with Gasteiger partial charge >= 0.3 is 0 Å². The van der Waals surface area contributed by atoms with E-state index in [2.05, 4.69) is 57.1 Å². The topological polar surface area (TPSA) is 35.5 Å². The molecule has 1 rings (SSSR count). The van der Waals surface area contributed by atoms with Gasteiger partial charge in [-0.1, -0.05) is 38.1 Å². The van der Waals surface area contributed by atoms with E-state index in [0.29, 0.717) is 18.5 Å². The molecule has 3 nitrogen and oxygen atoms in total. The molecule has 0 fully saturated rings. The van der Waals surface area contributed by atoms with Gasteiger partial charge in [0, 0.05) is 25.7 Å². The van der Waals surface area contributed by atoms with Gasteiger partial charge in [-0.05, 0) is 37.9 Å². The molecule has 1 atom stereocenters. The molecule has 3 heteroatoms. The minimum absolute atomic E-state index is 0.430. The van der Waals surface area contributed by atoms with Crippen LogP contribution in [0.25, 0.3) is 0 Å². The Labute approximate surface area is 124 Å². The van der Waals surface area contributed by atoms with E-state index in [1.54, 1.807) is 0 Å². The first-order chi connectivity index (χ1) is 9.41. The third kappa shape index (κ3) is 5.61. The van der Waals surface area contributed by atoms with Crippen LogP contribution in [0.2, 0.25) is 0 Å². The molecule has 1 aromatic carbocycles. The molecule has 0 saturated heterocycles. The lowest BCUT2D eigenvalue weighted by molar-refractivity contribution is 0.171. The Morgan fingerprint density at radius 1 is 1.05 bits per heavy atom. The second-order valence-corrected chi connectivity index (χ2v) is 6.12. The maximum atomic E-state index is 10.1. The summed E-state index contributed by atoms with van der Waals surface area (Å²) >= 11 is 0. The third-order valence-electron chi connectivity index (χ3n) is 3.85. The second kappa shape index (κ2) is 8.40. The van der Waals surface area contributed by atoms with E-state index < -0.39 is 6.10 Å². The van der Waals surface area contributed by atoms with Gasteiger partial charge in [0.25, 0.3) is 0 Å². The summed E-state index contributed by atoms with van der Waals surface area (Å²) in [4.78, 5) is 2.29. The van der Waals surface area contributed by atoms with Crippen LogP contribution in [0.1, 0.15) is 50.8 Å². The molecule has 20 heavy (non-hydrogen) atoms. The Morgan fingerprint density at radius 2 is 1.60 bits per heavy atom. The number of rotatable bonds is 8. The summed E-state index contributed by atoms with van der Waals surface area (Å²) in [5.41, 5.74) is 2.30. The standard InChI is InChI=1S/C17H30N2O/c1-13(2)15-6-8-16(9-7-15)17(20)12-18-10-11-19(5)14(3)4/h6-9,13-14,17-18,20H,10-12H2,1-5H3. The summed E-state index contributed by atoms with van der Waals surface area (Å²) in [6, 6.07) is 8.83. The minimum atomic E-state index is -0.430. The molecule has 0 aliphatic rings. The van der Waals surface area contributed by atoms with Crippen molar-refractivity contribution in [3.8, 4) is 0 Å². The molecule has 0 aliphatic carbocycles. The van der Waals surface area contributed by atoms with E-state index in [0.717, 1.165) is 18.7 Å². The first-order valence-electron chi connectivity index (χ1n) is 7.60. The summed E-state index contributed by atoms with van der Waals surface area (Å²) in [5, 5.41) is 13.5. The molecule has 0 saturated carbocycles. The zero-order chi connectivity index (χ0) is 15.1. The Balaban J connectivity index is 2.34. The SMILES string of the molecule is CC(C)c1ccc(C(O)CNCCN(C)C(C)C)cc1. The van der Waals surface area contributed by atoms with Crippen LogP contribution >= 0.6 is 0 Å². The van der Waals surface area contributed by atoms with Crippen molar-refractivity contribution in [1.29, 1.82) is 0 Å². The highest BCUT2D eigenvalue weighted by molar-refractivity contribution is 5.26. The van der Waals surface area contributed by atoms with Gasteiger partial charge < -0.3 is 15.3 Å². The molecule has 1 aromatic rings. The molecular formula is C17H30N2O. The summed E-state index contributed by atoms with van der Waals surface area (Å²) in [7, 11) is 2.12. The maximum Gasteiger partial charge on any atom is 0.0914 e. The fraction of sp³-hybridized carbons (Fsp3) is 0.647. The number of aliphatic hydroxyl groups is 1. The van der Waals surface area contributed by atoms with Crippen molar-refractivity contribution in [3.63, 3.8) is 0 Å². The van der Waals surface area contributed by atoms with Crippen LogP contribution in [-0.4, -0.2) is 42.7 Å². The monoisotopic (exact) mass is 278 g/mol. The van der Waals surface area contributed by atoms with Crippen molar-refractivity contribution >= 4 is 0 Å². The molecule has 114 valence electrons. The Kier molecular flexibility index (Phi) is 7.20. The normalized spacial score (nSPS) is 13.4. The zero-order valence-electron chi connectivity index (χ0n) is 13.6. The van der Waals surface area contributed by atoms with Crippen molar-refractivity contribution in [2.75, 3.05) is 26.7 Å². The lowest BCUT2D eigenvalue weighted by atomic mass is 10.00. The first kappa shape index (κ1) is 17.2. The predicted molar refractivity (Wildman–Crippen MR) is 86.1 cm³/mol. The van der Waals surface area contributed by atoms with Gasteiger partial charge in [-0.15, -0.1) is 0 Å². The molecule has 2 N–H and O–H groups in total. The van der Waals surface area contributed by atoms with Gasteiger partial charge in [0.2, 0.25) is 0 Å². The third-order valence-corrected chi connectivity index (χ3v) is 3.85. The number of benzene rings is 1. The number of likely N-dealkylation sites (N-methyl/N-ethyl adjacent to an activating group) is 1. The molecular weight excluding hydrogens is 248 g/mol. The largest absolute Gasteiger partial charge is 0.387 e. The maximum absolute atomic E-state index is 10.1. The van der Waals surface area contributed by atoms with Gasteiger partial charge in [-0.2, -0.15) is 0 Å². The lowest BCUT2D eigenvalue weighted by Gasteiger charge is -2.21. The Morgan fingerprint density at radius 3 is 2.10 bits per heavy atom. The fourth-order valence-electron chi connectivity index (χ4n) is 1.97. The minimum Gasteiger partial charge on any atom is -0.387 e. The van der Waals surface area contributed by atoms with Crippen LogP contribution < -0.4 is 5.32 Å². The average Bonchev–Trinajstić information content (AvgIpc) is 2.43. The molecule has 1 unspecified atom stereocenters. The molecule has 0 spiro atoms. The summed E-state index contributed by atoms with van der Waals surface area (Å²) in [6.07, 6.45) is -0.430. The van der Waals surface area contributed by atoms with Crippen molar-refractivity contribution in [2.45, 2.75) is 45.8 Å². The second-order valence-electron chi connectivity index (χ2n) is 6.12. The number of hydrogen-bond acceptors (Lipinski definition) is 3. The average molecular weight is 278 g/mol. The molecule has 0 radical (unpaired) electrons. The van der Waals surface area contributed by atoms with Gasteiger partial charge in [-0.25, -0.2) is 0 Å². The number of nitrogens with one attached hydrogen (secondary N) is 1. The van der Waals surface area contributed by atoms with E-state index in [9.17, 15) is 5.11 Å². The first-order valence-corrected chi connectivity index (χ1v) is 7.60. The van der Waals surface area contributed by atoms with Crippen LogP contribution in [-0.2, 0) is 0 Å². The van der Waals surface area contributed by atoms with E-state index in [1.807, 2.05) is 12.1 Å². The predicted octanol–water partition coefficient (Wildman–Crippen LogP) is 2.77. The highest BCUT2D eigenvalue weighted by Crippen LogP contribution is 2.18. The van der Waals surface area contributed by atoms with Crippen LogP contribution in [0.3, 0.4) is 0 Å². The van der Waals surface area contributed by atoms with E-state index in [1.165, 1.54) is 5.56 Å². The smallest absolute Gasteiger partial charge is 0.0914 e. The lowest BCUT2D eigenvalue weighted by Crippen LogP contribution is -2.35. The quantitative estimate of drug-likeness (QED) is 0.718. The van der Waals surface area contributed by atoms with Gasteiger partial charge in [0.1, 0.15) is 0 Å². The van der Waals surface area contributed by atoms with Gasteiger partial charge in [-0.3, -0.25) is 0 Å². The van der Waals surface area contributed by atoms with E-state index in [-0.39, 0.29) is 0 Å². The van der Waals surface area contributed by atoms with Crippen molar-refractivity contribution < 1.29 is 5.11 Å². The van der Waals surface area contributed by atoms with Gasteiger partial charge in [0.15, 0.2) is 0 Å². The number of aliphatic hydroxyl groups excluding tert-OH is 1. The Bertz CT molecular complexity index is 373. The molecule has 0 aromatic heterocycles. The fourth-order valence-corrected chi connectivity index (χ4v) is 1.97. The summed E-state index contributed by atoms with van der Waals surface area (Å²) < 4.78 is 0. The van der Waals surface area contributed by atoms with Crippen molar-refractivity contribution in [1.82, 2.24) is 10.2 Å². The van der Waals surface area contributed by atoms with E-state index >= 15 is 0 Å². The van der Waals surface area contributed by atoms with Crippen LogP contribution in [0.5, 0.6) is 0 Å².